The van der Waals surface area contributed by atoms with Gasteiger partial charge in [0.15, 0.2) is 29.0 Å². The number of carbonyl (C=O) groups excluding carboxylic acids is 1. The highest BCUT2D eigenvalue weighted by Gasteiger charge is 2.35. The van der Waals surface area contributed by atoms with Crippen LogP contribution in [0.3, 0.4) is 0 Å². The molecular formula is C30H30F3N5O5. The molecule has 0 saturated heterocycles. The van der Waals surface area contributed by atoms with Gasteiger partial charge in [-0.1, -0.05) is 0 Å². The molecule has 0 spiro atoms. The van der Waals surface area contributed by atoms with Crippen molar-refractivity contribution < 1.29 is 37.3 Å². The van der Waals surface area contributed by atoms with Crippen molar-refractivity contribution in [1.29, 1.82) is 0 Å². The van der Waals surface area contributed by atoms with Crippen LogP contribution < -0.4 is 10.1 Å². The lowest BCUT2D eigenvalue weighted by molar-refractivity contribution is -0.160. The fourth-order valence-corrected chi connectivity index (χ4v) is 5.13. The molecule has 13 heteroatoms. The summed E-state index contributed by atoms with van der Waals surface area (Å²) < 4.78 is 55.6. The van der Waals surface area contributed by atoms with E-state index in [2.05, 4.69) is 20.4 Å². The minimum atomic E-state index is -1.52. The smallest absolute Gasteiger partial charge is 0.337 e. The first-order valence-electron chi connectivity index (χ1n) is 13.6. The van der Waals surface area contributed by atoms with Crippen molar-refractivity contribution >= 4 is 17.5 Å². The number of aliphatic carboxylic acids is 1. The Morgan fingerprint density at radius 1 is 1.16 bits per heavy atom. The van der Waals surface area contributed by atoms with Crippen molar-refractivity contribution in [2.75, 3.05) is 6.61 Å². The van der Waals surface area contributed by atoms with E-state index in [0.717, 1.165) is 6.20 Å². The van der Waals surface area contributed by atoms with Crippen LogP contribution in [-0.4, -0.2) is 48.8 Å². The molecule has 0 saturated carbocycles. The number of rotatable bonds is 7. The van der Waals surface area contributed by atoms with Crippen molar-refractivity contribution in [2.24, 2.45) is 0 Å². The molecule has 10 nitrogen and oxygen atoms in total. The normalized spacial score (nSPS) is 13.9. The number of ether oxygens (including phenoxy) is 2. The first-order valence-corrected chi connectivity index (χ1v) is 13.6. The highest BCUT2D eigenvalue weighted by Crippen LogP contribution is 2.41. The molecule has 0 radical (unpaired) electrons. The van der Waals surface area contributed by atoms with Gasteiger partial charge in [0, 0.05) is 34.5 Å². The number of pyridine rings is 1. The summed E-state index contributed by atoms with van der Waals surface area (Å²) in [7, 11) is 0. The molecule has 1 atom stereocenters. The van der Waals surface area contributed by atoms with Gasteiger partial charge in [-0.15, -0.1) is 0 Å². The van der Waals surface area contributed by atoms with Crippen LogP contribution in [0, 0.1) is 31.3 Å². The monoisotopic (exact) mass is 597 g/mol. The summed E-state index contributed by atoms with van der Waals surface area (Å²) in [5, 5.41) is 17.2. The number of hydrogen-bond donors (Lipinski definition) is 2. The number of halogens is 3. The summed E-state index contributed by atoms with van der Waals surface area (Å²) in [6.45, 7) is 8.54. The molecule has 5 rings (SSSR count). The molecule has 0 fully saturated rings. The maximum Gasteiger partial charge on any atom is 0.337 e. The van der Waals surface area contributed by atoms with Crippen molar-refractivity contribution in [3.05, 3.63) is 75.6 Å². The Morgan fingerprint density at radius 3 is 2.58 bits per heavy atom. The van der Waals surface area contributed by atoms with Crippen LogP contribution in [0.4, 0.5) is 13.2 Å². The molecule has 1 unspecified atom stereocenters. The topological polar surface area (TPSA) is 128 Å². The SMILES string of the molecule is Cc1nc2cc(C(=O)NCc3ncc(F)cc3F)nn2c(-c2cc(F)c3c(c2C)CCCO3)c1C(OC(C)(C)C)C(=O)O. The second-order valence-electron chi connectivity index (χ2n) is 11.3. The Labute approximate surface area is 244 Å². The minimum absolute atomic E-state index is 0.129. The molecule has 2 N–H and O–H groups in total. The van der Waals surface area contributed by atoms with E-state index in [0.29, 0.717) is 42.2 Å². The molecular weight excluding hydrogens is 567 g/mol. The van der Waals surface area contributed by atoms with E-state index in [1.807, 2.05) is 0 Å². The molecule has 4 aromatic rings. The Hall–Kier alpha value is -4.52. The lowest BCUT2D eigenvalue weighted by Crippen LogP contribution is -2.29. The van der Waals surface area contributed by atoms with Gasteiger partial charge in [0.2, 0.25) is 0 Å². The highest BCUT2D eigenvalue weighted by molar-refractivity contribution is 5.93. The average molecular weight is 598 g/mol. The van der Waals surface area contributed by atoms with E-state index >= 15 is 4.39 Å². The lowest BCUT2D eigenvalue weighted by atomic mass is 9.91. The number of nitrogens with one attached hydrogen (secondary N) is 1. The molecule has 226 valence electrons. The first kappa shape index (κ1) is 30.0. The van der Waals surface area contributed by atoms with E-state index in [-0.39, 0.29) is 46.3 Å². The van der Waals surface area contributed by atoms with Gasteiger partial charge < -0.3 is 19.9 Å². The van der Waals surface area contributed by atoms with Gasteiger partial charge in [0.05, 0.1) is 36.3 Å². The van der Waals surface area contributed by atoms with Gasteiger partial charge in [-0.2, -0.15) is 5.10 Å². The molecule has 3 aromatic heterocycles. The van der Waals surface area contributed by atoms with Gasteiger partial charge >= 0.3 is 5.97 Å². The van der Waals surface area contributed by atoms with E-state index in [9.17, 15) is 23.5 Å². The zero-order chi connectivity index (χ0) is 31.2. The number of fused-ring (bicyclic) bond motifs is 2. The number of nitrogens with zero attached hydrogens (tertiary/aromatic N) is 4. The van der Waals surface area contributed by atoms with E-state index in [1.165, 1.54) is 16.6 Å². The lowest BCUT2D eigenvalue weighted by Gasteiger charge is -2.28. The Balaban J connectivity index is 1.69. The number of benzene rings is 1. The molecule has 1 amide bonds. The van der Waals surface area contributed by atoms with Gasteiger partial charge in [0.1, 0.15) is 11.6 Å². The predicted octanol–water partition coefficient (Wildman–Crippen LogP) is 5.02. The molecule has 1 aliphatic rings. The fraction of sp³-hybridized carbons (Fsp3) is 0.367. The van der Waals surface area contributed by atoms with Crippen LogP contribution in [0.1, 0.15) is 71.9 Å². The number of carboxylic acid groups (broad SMARTS) is 1. The summed E-state index contributed by atoms with van der Waals surface area (Å²) in [5.74, 6) is -4.26. The van der Waals surface area contributed by atoms with Gasteiger partial charge in [-0.25, -0.2) is 27.5 Å². The van der Waals surface area contributed by atoms with Crippen molar-refractivity contribution in [1.82, 2.24) is 24.9 Å². The zero-order valence-electron chi connectivity index (χ0n) is 24.2. The van der Waals surface area contributed by atoms with Crippen molar-refractivity contribution in [3.63, 3.8) is 0 Å². The number of carboxylic acids is 1. The largest absolute Gasteiger partial charge is 0.490 e. The molecule has 1 aliphatic heterocycles. The molecule has 0 aliphatic carbocycles. The maximum atomic E-state index is 15.5. The van der Waals surface area contributed by atoms with Crippen LogP contribution in [0.2, 0.25) is 0 Å². The average Bonchev–Trinajstić information content (AvgIpc) is 3.36. The minimum Gasteiger partial charge on any atom is -0.490 e. The number of aryl methyl sites for hydroxylation is 1. The summed E-state index contributed by atoms with van der Waals surface area (Å²) >= 11 is 0. The fourth-order valence-electron chi connectivity index (χ4n) is 5.13. The zero-order valence-corrected chi connectivity index (χ0v) is 24.2. The van der Waals surface area contributed by atoms with Crippen LogP contribution in [0.5, 0.6) is 5.75 Å². The Bertz CT molecular complexity index is 1770. The van der Waals surface area contributed by atoms with E-state index in [1.54, 1.807) is 34.6 Å². The molecule has 43 heavy (non-hydrogen) atoms. The summed E-state index contributed by atoms with van der Waals surface area (Å²) in [6, 6.07) is 3.29. The standard InChI is InChI=1S/C30H30F3N5O5/c1-14-17-7-6-8-42-26(17)20(33)10-18(14)25-24(27(29(40)41)43-30(3,4)5)15(2)36-23-11-21(37-38(23)25)28(39)35-13-22-19(32)9-16(31)12-34-22/h9-12,27H,6-8,13H2,1-5H3,(H,35,39)(H,40,41). The van der Waals surface area contributed by atoms with Gasteiger partial charge in [0.25, 0.3) is 5.91 Å². The maximum absolute atomic E-state index is 15.5. The number of hydrogen-bond acceptors (Lipinski definition) is 7. The third-order valence-corrected chi connectivity index (χ3v) is 7.01. The predicted molar refractivity (Wildman–Crippen MR) is 148 cm³/mol. The second kappa shape index (κ2) is 11.3. The molecule has 4 heterocycles. The van der Waals surface area contributed by atoms with Crippen LogP contribution >= 0.6 is 0 Å². The van der Waals surface area contributed by atoms with Gasteiger partial charge in [-0.05, 0) is 59.1 Å². The number of amides is 1. The van der Waals surface area contributed by atoms with E-state index in [4.69, 9.17) is 9.47 Å². The van der Waals surface area contributed by atoms with Crippen molar-refractivity contribution in [2.45, 2.75) is 65.7 Å². The summed E-state index contributed by atoms with van der Waals surface area (Å²) in [5.41, 5.74) is 1.24. The Morgan fingerprint density at radius 2 is 1.91 bits per heavy atom. The number of aromatic nitrogens is 4. The third kappa shape index (κ3) is 5.89. The van der Waals surface area contributed by atoms with Crippen LogP contribution in [0.25, 0.3) is 16.9 Å². The number of carbonyl (C=O) groups is 2. The van der Waals surface area contributed by atoms with E-state index < -0.39 is 41.0 Å². The summed E-state index contributed by atoms with van der Waals surface area (Å²) in [4.78, 5) is 33.9. The second-order valence-corrected chi connectivity index (χ2v) is 11.3. The molecule has 1 aromatic carbocycles. The Kier molecular flexibility index (Phi) is 7.86. The summed E-state index contributed by atoms with van der Waals surface area (Å²) in [6.07, 6.45) is 0.542. The quantitative estimate of drug-likeness (QED) is 0.304. The third-order valence-electron chi connectivity index (χ3n) is 7.01. The van der Waals surface area contributed by atoms with Crippen LogP contribution in [0.15, 0.2) is 24.4 Å². The highest BCUT2D eigenvalue weighted by atomic mass is 19.1. The van der Waals surface area contributed by atoms with Gasteiger partial charge in [-0.3, -0.25) is 9.78 Å². The van der Waals surface area contributed by atoms with Crippen molar-refractivity contribution in [3.8, 4) is 17.0 Å². The van der Waals surface area contributed by atoms with Crippen LogP contribution in [-0.2, 0) is 22.5 Å². The first-order chi connectivity index (χ1) is 20.2. The molecule has 0 bridgehead atoms.